The van der Waals surface area contributed by atoms with Crippen LogP contribution in [-0.2, 0) is 22.4 Å². The van der Waals surface area contributed by atoms with Crippen molar-refractivity contribution in [3.63, 3.8) is 0 Å². The van der Waals surface area contributed by atoms with E-state index in [-0.39, 0.29) is 18.2 Å². The molecular weight excluding hydrogens is 326 g/mol. The lowest BCUT2D eigenvalue weighted by Gasteiger charge is -2.24. The van der Waals surface area contributed by atoms with Crippen molar-refractivity contribution in [2.45, 2.75) is 31.7 Å². The lowest BCUT2D eigenvalue weighted by Crippen LogP contribution is -2.49. The van der Waals surface area contributed by atoms with Gasteiger partial charge < -0.3 is 16.0 Å². The molecule has 2 aromatic rings. The molecule has 1 unspecified atom stereocenters. The van der Waals surface area contributed by atoms with Gasteiger partial charge in [-0.15, -0.1) is 0 Å². The molecule has 2 amide bonds. The van der Waals surface area contributed by atoms with Crippen LogP contribution in [0.4, 0.5) is 5.69 Å². The van der Waals surface area contributed by atoms with Gasteiger partial charge >= 0.3 is 0 Å². The fraction of sp³-hybridized carbons (Fsp3) is 0.333. The van der Waals surface area contributed by atoms with E-state index >= 15 is 0 Å². The fourth-order valence-electron chi connectivity index (χ4n) is 3.27. The Labute approximate surface area is 154 Å². The van der Waals surface area contributed by atoms with Crippen LogP contribution in [0.3, 0.4) is 0 Å². The number of carbonyl (C=O) groups excluding carboxylic acids is 2. The van der Waals surface area contributed by atoms with Gasteiger partial charge in [0.15, 0.2) is 0 Å². The average Bonchev–Trinajstić information content (AvgIpc) is 3.18. The lowest BCUT2D eigenvalue weighted by atomic mass is 10.0. The molecule has 1 atom stereocenters. The van der Waals surface area contributed by atoms with Gasteiger partial charge in [-0.25, -0.2) is 0 Å². The van der Waals surface area contributed by atoms with Crippen LogP contribution in [0.15, 0.2) is 54.6 Å². The van der Waals surface area contributed by atoms with Crippen molar-refractivity contribution in [1.82, 2.24) is 10.2 Å². The van der Waals surface area contributed by atoms with Gasteiger partial charge in [-0.1, -0.05) is 42.5 Å². The standard InChI is InChI=1S/C21H25N3O2/c22-18-10-8-17(9-11-18)15-20(25)23-19(14-16-6-2-1-3-7-16)21(26)24-12-4-5-13-24/h1-3,6-11,19H,4-5,12-15,22H2,(H,23,25). The second-order valence-electron chi connectivity index (χ2n) is 6.76. The number of anilines is 1. The number of nitrogens with two attached hydrogens (primary N) is 1. The second kappa shape index (κ2) is 8.52. The molecule has 0 bridgehead atoms. The van der Waals surface area contributed by atoms with E-state index in [2.05, 4.69) is 5.32 Å². The zero-order valence-corrected chi connectivity index (χ0v) is 14.9. The van der Waals surface area contributed by atoms with E-state index in [1.165, 1.54) is 0 Å². The molecule has 5 heteroatoms. The first-order chi connectivity index (χ1) is 12.6. The van der Waals surface area contributed by atoms with Crippen LogP contribution >= 0.6 is 0 Å². The first kappa shape index (κ1) is 18.0. The Bertz CT molecular complexity index is 738. The molecule has 3 N–H and O–H groups in total. The highest BCUT2D eigenvalue weighted by Crippen LogP contribution is 2.13. The number of nitrogen functional groups attached to an aromatic ring is 1. The number of nitrogens with one attached hydrogen (secondary N) is 1. The number of carbonyl (C=O) groups is 2. The first-order valence-corrected chi connectivity index (χ1v) is 9.08. The normalized spacial score (nSPS) is 14.8. The average molecular weight is 351 g/mol. The molecule has 0 aliphatic carbocycles. The van der Waals surface area contributed by atoms with Gasteiger partial charge in [0.05, 0.1) is 6.42 Å². The number of hydrogen-bond donors (Lipinski definition) is 2. The first-order valence-electron chi connectivity index (χ1n) is 9.08. The SMILES string of the molecule is Nc1ccc(CC(=O)NC(Cc2ccccc2)C(=O)N2CCCC2)cc1. The molecule has 136 valence electrons. The quantitative estimate of drug-likeness (QED) is 0.783. The predicted molar refractivity (Wildman–Crippen MR) is 102 cm³/mol. The minimum Gasteiger partial charge on any atom is -0.399 e. The molecular formula is C21H25N3O2. The van der Waals surface area contributed by atoms with Gasteiger partial charge in [-0.3, -0.25) is 9.59 Å². The number of amides is 2. The van der Waals surface area contributed by atoms with Crippen LogP contribution in [0.5, 0.6) is 0 Å². The third-order valence-electron chi connectivity index (χ3n) is 4.68. The highest BCUT2D eigenvalue weighted by atomic mass is 16.2. The van der Waals surface area contributed by atoms with Gasteiger partial charge in [-0.05, 0) is 36.1 Å². The molecule has 1 aliphatic heterocycles. The van der Waals surface area contributed by atoms with Crippen molar-refractivity contribution in [2.75, 3.05) is 18.8 Å². The van der Waals surface area contributed by atoms with Crippen molar-refractivity contribution in [1.29, 1.82) is 0 Å². The van der Waals surface area contributed by atoms with E-state index < -0.39 is 6.04 Å². The molecule has 0 aromatic heterocycles. The number of likely N-dealkylation sites (tertiary alicyclic amines) is 1. The number of rotatable bonds is 6. The van der Waals surface area contributed by atoms with E-state index in [1.807, 2.05) is 47.4 Å². The Morgan fingerprint density at radius 3 is 2.27 bits per heavy atom. The number of hydrogen-bond acceptors (Lipinski definition) is 3. The van der Waals surface area contributed by atoms with Crippen LogP contribution in [0.25, 0.3) is 0 Å². The molecule has 1 fully saturated rings. The summed E-state index contributed by atoms with van der Waals surface area (Å²) in [6, 6.07) is 16.5. The molecule has 3 rings (SSSR count). The van der Waals surface area contributed by atoms with E-state index in [9.17, 15) is 9.59 Å². The molecule has 1 saturated heterocycles. The van der Waals surface area contributed by atoms with E-state index in [1.54, 1.807) is 12.1 Å². The Balaban J connectivity index is 1.68. The number of nitrogens with zero attached hydrogens (tertiary/aromatic N) is 1. The summed E-state index contributed by atoms with van der Waals surface area (Å²) in [7, 11) is 0. The molecule has 0 radical (unpaired) electrons. The molecule has 1 heterocycles. The summed E-state index contributed by atoms with van der Waals surface area (Å²) in [5.41, 5.74) is 8.27. The van der Waals surface area contributed by atoms with Crippen LogP contribution in [0.2, 0.25) is 0 Å². The van der Waals surface area contributed by atoms with E-state index in [0.717, 1.165) is 37.1 Å². The van der Waals surface area contributed by atoms with Crippen LogP contribution in [0.1, 0.15) is 24.0 Å². The summed E-state index contributed by atoms with van der Waals surface area (Å²) in [6.07, 6.45) is 2.80. The van der Waals surface area contributed by atoms with Crippen molar-refractivity contribution in [3.05, 3.63) is 65.7 Å². The largest absolute Gasteiger partial charge is 0.399 e. The van der Waals surface area contributed by atoms with Crippen molar-refractivity contribution in [2.24, 2.45) is 0 Å². The van der Waals surface area contributed by atoms with Gasteiger partial charge in [0.2, 0.25) is 11.8 Å². The van der Waals surface area contributed by atoms with E-state index in [4.69, 9.17) is 5.73 Å². The Morgan fingerprint density at radius 1 is 0.962 bits per heavy atom. The fourth-order valence-corrected chi connectivity index (χ4v) is 3.27. The van der Waals surface area contributed by atoms with Crippen molar-refractivity contribution in [3.8, 4) is 0 Å². The van der Waals surface area contributed by atoms with Gasteiger partial charge in [0.1, 0.15) is 6.04 Å². The van der Waals surface area contributed by atoms with Crippen molar-refractivity contribution >= 4 is 17.5 Å². The highest BCUT2D eigenvalue weighted by Gasteiger charge is 2.27. The van der Waals surface area contributed by atoms with Gasteiger partial charge in [-0.2, -0.15) is 0 Å². The lowest BCUT2D eigenvalue weighted by molar-refractivity contribution is -0.135. The molecule has 0 saturated carbocycles. The van der Waals surface area contributed by atoms with Gasteiger partial charge in [0.25, 0.3) is 0 Å². The third-order valence-corrected chi connectivity index (χ3v) is 4.68. The Hall–Kier alpha value is -2.82. The predicted octanol–water partition coefficient (Wildman–Crippen LogP) is 2.16. The zero-order chi connectivity index (χ0) is 18.4. The van der Waals surface area contributed by atoms with Crippen LogP contribution < -0.4 is 11.1 Å². The second-order valence-corrected chi connectivity index (χ2v) is 6.76. The smallest absolute Gasteiger partial charge is 0.245 e. The summed E-state index contributed by atoms with van der Waals surface area (Å²) in [6.45, 7) is 1.55. The van der Waals surface area contributed by atoms with Crippen molar-refractivity contribution < 1.29 is 9.59 Å². The molecule has 0 spiro atoms. The number of benzene rings is 2. The van der Waals surface area contributed by atoms with E-state index in [0.29, 0.717) is 12.1 Å². The minimum atomic E-state index is -0.531. The van der Waals surface area contributed by atoms with Gasteiger partial charge in [0, 0.05) is 25.2 Å². The minimum absolute atomic E-state index is 0.0111. The maximum Gasteiger partial charge on any atom is 0.245 e. The maximum atomic E-state index is 12.9. The molecule has 1 aliphatic rings. The summed E-state index contributed by atoms with van der Waals surface area (Å²) < 4.78 is 0. The highest BCUT2D eigenvalue weighted by molar-refractivity contribution is 5.88. The van der Waals surface area contributed by atoms with Crippen LogP contribution in [-0.4, -0.2) is 35.8 Å². The summed E-state index contributed by atoms with van der Waals surface area (Å²) in [4.78, 5) is 27.2. The molecule has 5 nitrogen and oxygen atoms in total. The summed E-state index contributed by atoms with van der Waals surface area (Å²) in [5, 5.41) is 2.94. The Kier molecular flexibility index (Phi) is 5.89. The maximum absolute atomic E-state index is 12.9. The third kappa shape index (κ3) is 4.85. The Morgan fingerprint density at radius 2 is 1.62 bits per heavy atom. The topological polar surface area (TPSA) is 75.4 Å². The molecule has 2 aromatic carbocycles. The summed E-state index contributed by atoms with van der Waals surface area (Å²) >= 11 is 0. The zero-order valence-electron chi connectivity index (χ0n) is 14.9. The monoisotopic (exact) mass is 351 g/mol. The summed E-state index contributed by atoms with van der Waals surface area (Å²) in [5.74, 6) is -0.139. The van der Waals surface area contributed by atoms with Crippen LogP contribution in [0, 0.1) is 0 Å². The molecule has 26 heavy (non-hydrogen) atoms.